The van der Waals surface area contributed by atoms with E-state index < -0.39 is 0 Å². The molecule has 1 unspecified atom stereocenters. The zero-order valence-electron chi connectivity index (χ0n) is 7.57. The minimum absolute atomic E-state index is 0.138. The van der Waals surface area contributed by atoms with Crippen LogP contribution in [0.15, 0.2) is 30.3 Å². The van der Waals surface area contributed by atoms with Gasteiger partial charge in [0.2, 0.25) is 0 Å². The van der Waals surface area contributed by atoms with Crippen molar-refractivity contribution >= 4 is 11.6 Å². The molecule has 0 aliphatic rings. The predicted molar refractivity (Wildman–Crippen MR) is 52.6 cm³/mol. The lowest BCUT2D eigenvalue weighted by atomic mass is 10.2. The molecule has 0 spiro atoms. The fraction of sp³-hybridized carbons (Fsp3) is 0.400. The summed E-state index contributed by atoms with van der Waals surface area (Å²) in [5.74, 6) is 0. The van der Waals surface area contributed by atoms with E-state index in [4.69, 9.17) is 21.1 Å². The molecule has 1 aromatic carbocycles. The Hall–Kier alpha value is -0.570. The predicted octanol–water partition coefficient (Wildman–Crippen LogP) is 2.93. The first kappa shape index (κ1) is 10.5. The van der Waals surface area contributed by atoms with Gasteiger partial charge in [0.15, 0.2) is 6.29 Å². The molecule has 0 fully saturated rings. The summed E-state index contributed by atoms with van der Waals surface area (Å²) in [5.41, 5.74) is 0.991. The Balaban J connectivity index is 2.64. The summed E-state index contributed by atoms with van der Waals surface area (Å²) in [4.78, 5) is 0. The van der Waals surface area contributed by atoms with Crippen LogP contribution < -0.4 is 0 Å². The molecule has 1 rings (SSSR count). The molecule has 0 radical (unpaired) electrons. The first-order valence-electron chi connectivity index (χ1n) is 4.22. The minimum atomic E-state index is -0.344. The Morgan fingerprint density at radius 1 is 1.23 bits per heavy atom. The number of alkyl halides is 1. The van der Waals surface area contributed by atoms with E-state index in [-0.39, 0.29) is 12.4 Å². The van der Waals surface area contributed by atoms with Crippen molar-refractivity contribution in [1.29, 1.82) is 0 Å². The molecule has 0 aromatic heterocycles. The lowest BCUT2D eigenvalue weighted by Gasteiger charge is -2.16. The van der Waals surface area contributed by atoms with Crippen LogP contribution in [0.1, 0.15) is 18.8 Å². The van der Waals surface area contributed by atoms with Crippen LogP contribution in [0.2, 0.25) is 0 Å². The monoisotopic (exact) mass is 200 g/mol. The molecule has 0 saturated carbocycles. The molecule has 1 aromatic rings. The van der Waals surface area contributed by atoms with E-state index in [2.05, 4.69) is 0 Å². The molecule has 1 atom stereocenters. The summed E-state index contributed by atoms with van der Waals surface area (Å²) in [6.45, 7) is 2.53. The fourth-order valence-corrected chi connectivity index (χ4v) is 1.17. The van der Waals surface area contributed by atoms with Crippen molar-refractivity contribution in [2.24, 2.45) is 0 Å². The van der Waals surface area contributed by atoms with Gasteiger partial charge in [-0.3, -0.25) is 0 Å². The van der Waals surface area contributed by atoms with Gasteiger partial charge in [-0.15, -0.1) is 0 Å². The summed E-state index contributed by atoms with van der Waals surface area (Å²) < 4.78 is 10.6. The number of halogens is 1. The first-order chi connectivity index (χ1) is 6.38. The van der Waals surface area contributed by atoms with Crippen LogP contribution in [0.25, 0.3) is 0 Å². The van der Waals surface area contributed by atoms with Crippen LogP contribution in [0.3, 0.4) is 0 Å². The summed E-state index contributed by atoms with van der Waals surface area (Å²) in [6, 6.07) is 9.88. The molecule has 3 heteroatoms. The highest BCUT2D eigenvalue weighted by Crippen LogP contribution is 2.18. The van der Waals surface area contributed by atoms with E-state index in [1.54, 1.807) is 0 Å². The first-order valence-corrected chi connectivity index (χ1v) is 4.76. The van der Waals surface area contributed by atoms with Crippen molar-refractivity contribution in [1.82, 2.24) is 0 Å². The van der Waals surface area contributed by atoms with Gasteiger partial charge in [0.25, 0.3) is 0 Å². The average molecular weight is 201 g/mol. The van der Waals surface area contributed by atoms with Crippen molar-refractivity contribution in [3.05, 3.63) is 35.9 Å². The van der Waals surface area contributed by atoms with Gasteiger partial charge < -0.3 is 9.47 Å². The van der Waals surface area contributed by atoms with Crippen molar-refractivity contribution in [3.8, 4) is 0 Å². The minimum Gasteiger partial charge on any atom is -0.349 e. The van der Waals surface area contributed by atoms with E-state index in [0.29, 0.717) is 6.61 Å². The van der Waals surface area contributed by atoms with Gasteiger partial charge in [0.05, 0.1) is 0 Å². The molecule has 0 aliphatic carbocycles. The lowest BCUT2D eigenvalue weighted by molar-refractivity contribution is -0.130. The highest BCUT2D eigenvalue weighted by atomic mass is 35.5. The Morgan fingerprint density at radius 2 is 1.92 bits per heavy atom. The maximum atomic E-state index is 5.48. The summed E-state index contributed by atoms with van der Waals surface area (Å²) in [7, 11) is 0. The number of hydrogen-bond donors (Lipinski definition) is 0. The highest BCUT2D eigenvalue weighted by Gasteiger charge is 2.09. The molecule has 0 N–H and O–H groups in total. The van der Waals surface area contributed by atoms with E-state index in [1.165, 1.54) is 0 Å². The molecule has 0 amide bonds. The largest absolute Gasteiger partial charge is 0.349 e. The smallest absolute Gasteiger partial charge is 0.185 e. The Morgan fingerprint density at radius 3 is 2.46 bits per heavy atom. The van der Waals surface area contributed by atoms with Gasteiger partial charge in [-0.2, -0.15) is 0 Å². The topological polar surface area (TPSA) is 18.5 Å². The standard InChI is InChI=1S/C10H13ClO2/c1-2-12-10(13-8-11)9-6-4-3-5-7-9/h3-7,10H,2,8H2,1H3. The molecule has 72 valence electrons. The third-order valence-electron chi connectivity index (χ3n) is 1.60. The van der Waals surface area contributed by atoms with E-state index in [0.717, 1.165) is 5.56 Å². The summed E-state index contributed by atoms with van der Waals surface area (Å²) in [5, 5.41) is 0. The molecule has 2 nitrogen and oxygen atoms in total. The second-order valence-corrected chi connectivity index (χ2v) is 2.69. The molecule has 0 bridgehead atoms. The molecule has 13 heavy (non-hydrogen) atoms. The second kappa shape index (κ2) is 5.97. The van der Waals surface area contributed by atoms with E-state index in [1.807, 2.05) is 37.3 Å². The van der Waals surface area contributed by atoms with E-state index in [9.17, 15) is 0 Å². The molecular formula is C10H13ClO2. The SMILES string of the molecule is CCOC(OCCl)c1ccccc1. The molecule has 0 aliphatic heterocycles. The van der Waals surface area contributed by atoms with Crippen molar-refractivity contribution in [2.75, 3.05) is 12.7 Å². The highest BCUT2D eigenvalue weighted by molar-refractivity contribution is 6.17. The quantitative estimate of drug-likeness (QED) is 0.538. The zero-order chi connectivity index (χ0) is 9.52. The van der Waals surface area contributed by atoms with Crippen LogP contribution in [0.4, 0.5) is 0 Å². The maximum Gasteiger partial charge on any atom is 0.185 e. The Kier molecular flexibility index (Phi) is 4.83. The summed E-state index contributed by atoms with van der Waals surface area (Å²) in [6.07, 6.45) is -0.344. The fourth-order valence-electron chi connectivity index (χ4n) is 1.06. The van der Waals surface area contributed by atoms with Gasteiger partial charge in [-0.1, -0.05) is 41.9 Å². The van der Waals surface area contributed by atoms with Crippen molar-refractivity contribution < 1.29 is 9.47 Å². The third kappa shape index (κ3) is 3.35. The third-order valence-corrected chi connectivity index (χ3v) is 1.73. The number of rotatable bonds is 5. The average Bonchev–Trinajstić information content (AvgIpc) is 2.19. The van der Waals surface area contributed by atoms with Crippen LogP contribution in [-0.4, -0.2) is 12.7 Å². The van der Waals surface area contributed by atoms with Crippen molar-refractivity contribution in [2.45, 2.75) is 13.2 Å². The van der Waals surface area contributed by atoms with Crippen LogP contribution >= 0.6 is 11.6 Å². The Bertz CT molecular complexity index is 220. The second-order valence-electron chi connectivity index (χ2n) is 2.47. The number of hydrogen-bond acceptors (Lipinski definition) is 2. The van der Waals surface area contributed by atoms with Crippen LogP contribution in [-0.2, 0) is 9.47 Å². The number of benzene rings is 1. The van der Waals surface area contributed by atoms with Gasteiger partial charge in [-0.25, -0.2) is 0 Å². The van der Waals surface area contributed by atoms with Gasteiger partial charge in [0, 0.05) is 12.2 Å². The normalized spacial score (nSPS) is 12.8. The van der Waals surface area contributed by atoms with Gasteiger partial charge in [0.1, 0.15) is 6.07 Å². The lowest BCUT2D eigenvalue weighted by Crippen LogP contribution is -2.07. The van der Waals surface area contributed by atoms with E-state index >= 15 is 0 Å². The summed E-state index contributed by atoms with van der Waals surface area (Å²) >= 11 is 5.48. The van der Waals surface area contributed by atoms with Gasteiger partial charge in [-0.05, 0) is 6.92 Å². The Labute approximate surface area is 83.4 Å². The maximum absolute atomic E-state index is 5.48. The van der Waals surface area contributed by atoms with Crippen LogP contribution in [0, 0.1) is 0 Å². The number of ether oxygens (including phenoxy) is 2. The molecule has 0 saturated heterocycles. The van der Waals surface area contributed by atoms with Gasteiger partial charge >= 0.3 is 0 Å². The van der Waals surface area contributed by atoms with Crippen molar-refractivity contribution in [3.63, 3.8) is 0 Å². The van der Waals surface area contributed by atoms with Crippen LogP contribution in [0.5, 0.6) is 0 Å². The zero-order valence-corrected chi connectivity index (χ0v) is 8.33. The molecule has 0 heterocycles. The molecular weight excluding hydrogens is 188 g/mol.